The molecule has 8 heteroatoms. The number of hydrogen-bond acceptors (Lipinski definition) is 4. The van der Waals surface area contributed by atoms with Crippen molar-refractivity contribution in [2.24, 2.45) is 5.92 Å². The number of rotatable bonds is 4. The van der Waals surface area contributed by atoms with Gasteiger partial charge < -0.3 is 10.3 Å². The van der Waals surface area contributed by atoms with E-state index in [1.54, 1.807) is 0 Å². The van der Waals surface area contributed by atoms with E-state index in [1.807, 2.05) is 48.5 Å². The summed E-state index contributed by atoms with van der Waals surface area (Å²) in [5.41, 5.74) is 3.23. The third-order valence-corrected chi connectivity index (χ3v) is 6.32. The maximum absolute atomic E-state index is 12.8. The van der Waals surface area contributed by atoms with E-state index in [-0.39, 0.29) is 18.4 Å². The first kappa shape index (κ1) is 18.6. The first-order valence-corrected chi connectivity index (χ1v) is 11.1. The number of fused-ring (bicyclic) bond motifs is 1. The number of benzene rings is 2. The minimum atomic E-state index is -3.29. The van der Waals surface area contributed by atoms with Crippen molar-refractivity contribution < 1.29 is 13.2 Å². The summed E-state index contributed by atoms with van der Waals surface area (Å²) >= 11 is 0. The van der Waals surface area contributed by atoms with Gasteiger partial charge in [-0.2, -0.15) is 0 Å². The summed E-state index contributed by atoms with van der Waals surface area (Å²) in [4.78, 5) is 20.7. The van der Waals surface area contributed by atoms with Gasteiger partial charge in [-0.1, -0.05) is 24.3 Å². The zero-order valence-electron chi connectivity index (χ0n) is 15.6. The lowest BCUT2D eigenvalue weighted by atomic mass is 9.98. The number of sulfonamides is 1. The molecule has 0 saturated carbocycles. The number of anilines is 1. The highest BCUT2D eigenvalue weighted by Crippen LogP contribution is 2.29. The number of piperidine rings is 1. The van der Waals surface area contributed by atoms with Gasteiger partial charge in [0.05, 0.1) is 28.9 Å². The zero-order chi connectivity index (χ0) is 19.7. The van der Waals surface area contributed by atoms with E-state index in [1.165, 1.54) is 10.6 Å². The number of hydrogen-bond donors (Lipinski definition) is 2. The Morgan fingerprint density at radius 2 is 1.93 bits per heavy atom. The monoisotopic (exact) mass is 398 g/mol. The molecule has 2 aromatic carbocycles. The SMILES string of the molecule is CS(=O)(=O)N1CCC[C@H](C(=O)Nc2ccccc2-c2nc3ccccc3[nH]2)C1. The number of carbonyl (C=O) groups excluding carboxylic acids is 1. The number of nitrogens with zero attached hydrogens (tertiary/aromatic N) is 2. The van der Waals surface area contributed by atoms with Crippen molar-refractivity contribution in [2.75, 3.05) is 24.7 Å². The van der Waals surface area contributed by atoms with Crippen molar-refractivity contribution in [3.05, 3.63) is 48.5 Å². The molecule has 1 amide bonds. The van der Waals surface area contributed by atoms with Gasteiger partial charge in [0.2, 0.25) is 15.9 Å². The van der Waals surface area contributed by atoms with Gasteiger partial charge in [-0.25, -0.2) is 17.7 Å². The molecule has 0 bridgehead atoms. The van der Waals surface area contributed by atoms with Gasteiger partial charge in [0.15, 0.2) is 0 Å². The van der Waals surface area contributed by atoms with Gasteiger partial charge >= 0.3 is 0 Å². The number of amides is 1. The summed E-state index contributed by atoms with van der Waals surface area (Å²) in [6.45, 7) is 0.690. The Balaban J connectivity index is 1.58. The van der Waals surface area contributed by atoms with E-state index in [2.05, 4.69) is 15.3 Å². The average Bonchev–Trinajstić information content (AvgIpc) is 3.12. The Kier molecular flexibility index (Phi) is 4.91. The first-order valence-electron chi connectivity index (χ1n) is 9.22. The molecule has 1 aliphatic rings. The number of para-hydroxylation sites is 3. The minimum Gasteiger partial charge on any atom is -0.338 e. The van der Waals surface area contributed by atoms with E-state index in [0.717, 1.165) is 16.6 Å². The zero-order valence-corrected chi connectivity index (χ0v) is 16.4. The second-order valence-corrected chi connectivity index (χ2v) is 9.08. The molecule has 1 atom stereocenters. The Hall–Kier alpha value is -2.71. The summed E-state index contributed by atoms with van der Waals surface area (Å²) in [5, 5.41) is 2.97. The van der Waals surface area contributed by atoms with Gasteiger partial charge in [-0.15, -0.1) is 0 Å². The number of nitrogens with one attached hydrogen (secondary N) is 2. The van der Waals surface area contributed by atoms with E-state index < -0.39 is 10.0 Å². The minimum absolute atomic E-state index is 0.170. The van der Waals surface area contributed by atoms with Crippen LogP contribution < -0.4 is 5.32 Å². The van der Waals surface area contributed by atoms with Crippen LogP contribution in [0.5, 0.6) is 0 Å². The highest BCUT2D eigenvalue weighted by molar-refractivity contribution is 7.88. The van der Waals surface area contributed by atoms with Crippen LogP contribution in [0, 0.1) is 5.92 Å². The molecule has 1 aliphatic heterocycles. The quantitative estimate of drug-likeness (QED) is 0.706. The summed E-state index contributed by atoms with van der Waals surface area (Å²) < 4.78 is 25.0. The molecule has 2 heterocycles. The Labute approximate surface area is 163 Å². The van der Waals surface area contributed by atoms with Gasteiger partial charge in [-0.3, -0.25) is 4.79 Å². The second kappa shape index (κ2) is 7.37. The van der Waals surface area contributed by atoms with Crippen LogP contribution in [0.25, 0.3) is 22.4 Å². The predicted molar refractivity (Wildman–Crippen MR) is 109 cm³/mol. The molecule has 7 nitrogen and oxygen atoms in total. The van der Waals surface area contributed by atoms with Gasteiger partial charge in [0, 0.05) is 18.7 Å². The maximum atomic E-state index is 12.8. The fourth-order valence-corrected chi connectivity index (χ4v) is 4.48. The molecule has 0 spiro atoms. The molecular weight excluding hydrogens is 376 g/mol. The third-order valence-electron chi connectivity index (χ3n) is 5.05. The van der Waals surface area contributed by atoms with Gasteiger partial charge in [0.1, 0.15) is 5.82 Å². The summed E-state index contributed by atoms with van der Waals surface area (Å²) in [7, 11) is -3.29. The molecule has 0 radical (unpaired) electrons. The van der Waals surface area contributed by atoms with E-state index in [0.29, 0.717) is 30.9 Å². The molecule has 28 heavy (non-hydrogen) atoms. The van der Waals surface area contributed by atoms with E-state index in [4.69, 9.17) is 0 Å². The molecule has 1 aromatic heterocycles. The molecule has 146 valence electrons. The molecule has 4 rings (SSSR count). The molecular formula is C20H22N4O3S. The van der Waals surface area contributed by atoms with Crippen LogP contribution in [0.15, 0.2) is 48.5 Å². The highest BCUT2D eigenvalue weighted by atomic mass is 32.2. The Morgan fingerprint density at radius 1 is 1.18 bits per heavy atom. The third kappa shape index (κ3) is 3.79. The van der Waals surface area contributed by atoms with Crippen LogP contribution in [0.4, 0.5) is 5.69 Å². The van der Waals surface area contributed by atoms with Crippen LogP contribution in [0.2, 0.25) is 0 Å². The molecule has 1 fully saturated rings. The number of imidazole rings is 1. The summed E-state index contributed by atoms with van der Waals surface area (Å²) in [6.07, 6.45) is 2.53. The lowest BCUT2D eigenvalue weighted by Crippen LogP contribution is -2.43. The Morgan fingerprint density at radius 3 is 2.71 bits per heavy atom. The number of carbonyl (C=O) groups is 1. The Bertz CT molecular complexity index is 1090. The molecule has 0 aliphatic carbocycles. The second-order valence-electron chi connectivity index (χ2n) is 7.10. The summed E-state index contributed by atoms with van der Waals surface area (Å²) in [5.74, 6) is 0.141. The normalized spacial score (nSPS) is 18.2. The fraction of sp³-hybridized carbons (Fsp3) is 0.300. The maximum Gasteiger partial charge on any atom is 0.228 e. The van der Waals surface area contributed by atoms with Gasteiger partial charge in [-0.05, 0) is 37.1 Å². The van der Waals surface area contributed by atoms with Crippen LogP contribution in [0.1, 0.15) is 12.8 Å². The first-order chi connectivity index (χ1) is 13.4. The predicted octanol–water partition coefficient (Wildman–Crippen LogP) is 2.84. The average molecular weight is 398 g/mol. The standard InChI is InChI=1S/C20H22N4O3S/c1-28(26,27)24-12-6-7-14(13-24)20(25)23-16-9-3-2-8-15(16)19-21-17-10-4-5-11-18(17)22-19/h2-5,8-11,14H,6-7,12-13H2,1H3,(H,21,22)(H,23,25)/t14-/m0/s1. The van der Waals surface area contributed by atoms with Crippen LogP contribution in [-0.4, -0.2) is 47.9 Å². The number of H-pyrrole nitrogens is 1. The van der Waals surface area contributed by atoms with Crippen LogP contribution in [-0.2, 0) is 14.8 Å². The van der Waals surface area contributed by atoms with Crippen molar-refractivity contribution in [2.45, 2.75) is 12.8 Å². The van der Waals surface area contributed by atoms with E-state index >= 15 is 0 Å². The van der Waals surface area contributed by atoms with E-state index in [9.17, 15) is 13.2 Å². The van der Waals surface area contributed by atoms with Crippen molar-refractivity contribution in [1.82, 2.24) is 14.3 Å². The number of aromatic amines is 1. The molecule has 3 aromatic rings. The fourth-order valence-electron chi connectivity index (χ4n) is 3.57. The van der Waals surface area contributed by atoms with Crippen molar-refractivity contribution >= 4 is 32.7 Å². The van der Waals surface area contributed by atoms with Gasteiger partial charge in [0.25, 0.3) is 0 Å². The van der Waals surface area contributed by atoms with Crippen LogP contribution in [0.3, 0.4) is 0 Å². The largest absolute Gasteiger partial charge is 0.338 e. The van der Waals surface area contributed by atoms with Crippen molar-refractivity contribution in [3.8, 4) is 11.4 Å². The molecule has 0 unspecified atom stereocenters. The smallest absolute Gasteiger partial charge is 0.228 e. The topological polar surface area (TPSA) is 95.2 Å². The molecule has 1 saturated heterocycles. The lowest BCUT2D eigenvalue weighted by molar-refractivity contribution is -0.120. The number of aromatic nitrogens is 2. The van der Waals surface area contributed by atoms with Crippen LogP contribution >= 0.6 is 0 Å². The molecule has 2 N–H and O–H groups in total. The lowest BCUT2D eigenvalue weighted by Gasteiger charge is -2.30. The van der Waals surface area contributed by atoms with Crippen molar-refractivity contribution in [3.63, 3.8) is 0 Å². The highest BCUT2D eigenvalue weighted by Gasteiger charge is 2.30. The summed E-state index contributed by atoms with van der Waals surface area (Å²) in [6, 6.07) is 15.2. The van der Waals surface area contributed by atoms with Crippen molar-refractivity contribution in [1.29, 1.82) is 0 Å².